The molecule has 1 aliphatic rings. The van der Waals surface area contributed by atoms with Gasteiger partial charge in [0.15, 0.2) is 0 Å². The van der Waals surface area contributed by atoms with E-state index in [4.69, 9.17) is 14.6 Å². The van der Waals surface area contributed by atoms with Crippen LogP contribution in [0.15, 0.2) is 0 Å². The molecule has 7 nitrogen and oxygen atoms in total. The van der Waals surface area contributed by atoms with Gasteiger partial charge in [-0.3, -0.25) is 4.79 Å². The summed E-state index contributed by atoms with van der Waals surface area (Å²) in [5.41, 5.74) is 0. The normalized spacial score (nSPS) is 24.6. The SMILES string of the molecule is CO[C@@H]1COC[C@@H]1NC(=O)N(C)CC(C)C(=O)O. The summed E-state index contributed by atoms with van der Waals surface area (Å²) in [6.45, 7) is 2.58. The van der Waals surface area contributed by atoms with Crippen molar-refractivity contribution in [1.82, 2.24) is 10.2 Å². The van der Waals surface area contributed by atoms with E-state index in [0.29, 0.717) is 13.2 Å². The van der Waals surface area contributed by atoms with Crippen LogP contribution in [0.5, 0.6) is 0 Å². The summed E-state index contributed by atoms with van der Waals surface area (Å²) in [6.07, 6.45) is -0.153. The Morgan fingerprint density at radius 3 is 2.78 bits per heavy atom. The van der Waals surface area contributed by atoms with Gasteiger partial charge in [-0.05, 0) is 0 Å². The molecule has 7 heteroatoms. The first-order chi connectivity index (χ1) is 8.45. The fraction of sp³-hybridized carbons (Fsp3) is 0.818. The van der Waals surface area contributed by atoms with Gasteiger partial charge in [-0.25, -0.2) is 4.79 Å². The molecule has 1 fully saturated rings. The summed E-state index contributed by atoms with van der Waals surface area (Å²) in [4.78, 5) is 23.9. The molecule has 3 atom stereocenters. The minimum absolute atomic E-state index is 0.153. The molecule has 1 unspecified atom stereocenters. The number of urea groups is 1. The molecule has 18 heavy (non-hydrogen) atoms. The maximum absolute atomic E-state index is 11.8. The van der Waals surface area contributed by atoms with Crippen molar-refractivity contribution in [3.05, 3.63) is 0 Å². The van der Waals surface area contributed by atoms with Gasteiger partial charge in [-0.15, -0.1) is 0 Å². The van der Waals surface area contributed by atoms with Crippen molar-refractivity contribution < 1.29 is 24.2 Å². The molecule has 0 aromatic heterocycles. The van der Waals surface area contributed by atoms with Gasteiger partial charge in [0.1, 0.15) is 6.10 Å². The number of carboxylic acids is 1. The van der Waals surface area contributed by atoms with Gasteiger partial charge in [0.05, 0.1) is 25.2 Å². The van der Waals surface area contributed by atoms with Gasteiger partial charge in [-0.2, -0.15) is 0 Å². The number of carboxylic acid groups (broad SMARTS) is 1. The molecular formula is C11H20N2O5. The smallest absolute Gasteiger partial charge is 0.317 e. The summed E-state index contributed by atoms with van der Waals surface area (Å²) in [6, 6.07) is -0.509. The van der Waals surface area contributed by atoms with Crippen molar-refractivity contribution in [2.24, 2.45) is 5.92 Å². The van der Waals surface area contributed by atoms with Crippen molar-refractivity contribution in [3.8, 4) is 0 Å². The molecule has 2 amide bonds. The zero-order chi connectivity index (χ0) is 13.7. The highest BCUT2D eigenvalue weighted by molar-refractivity contribution is 5.76. The van der Waals surface area contributed by atoms with Crippen LogP contribution in [0.4, 0.5) is 4.79 Å². The molecule has 0 aromatic carbocycles. The van der Waals surface area contributed by atoms with Crippen LogP contribution in [0.3, 0.4) is 0 Å². The van der Waals surface area contributed by atoms with Gasteiger partial charge in [-0.1, -0.05) is 6.92 Å². The van der Waals surface area contributed by atoms with Crippen molar-refractivity contribution in [3.63, 3.8) is 0 Å². The van der Waals surface area contributed by atoms with Crippen LogP contribution in [0, 0.1) is 5.92 Å². The minimum atomic E-state index is -0.923. The number of amides is 2. The maximum atomic E-state index is 11.8. The molecule has 2 N–H and O–H groups in total. The fourth-order valence-corrected chi connectivity index (χ4v) is 1.74. The first kappa shape index (κ1) is 14.7. The zero-order valence-corrected chi connectivity index (χ0v) is 10.9. The van der Waals surface area contributed by atoms with Gasteiger partial charge < -0.3 is 24.8 Å². The predicted octanol–water partition coefficient (Wildman–Crippen LogP) is -0.238. The van der Waals surface area contributed by atoms with Crippen molar-refractivity contribution in [1.29, 1.82) is 0 Å². The molecule has 1 rings (SSSR count). The number of nitrogens with one attached hydrogen (secondary N) is 1. The summed E-state index contributed by atoms with van der Waals surface area (Å²) < 4.78 is 10.4. The monoisotopic (exact) mass is 260 g/mol. The van der Waals surface area contributed by atoms with E-state index in [-0.39, 0.29) is 24.7 Å². The van der Waals surface area contributed by atoms with Crippen molar-refractivity contribution in [2.45, 2.75) is 19.1 Å². The maximum Gasteiger partial charge on any atom is 0.317 e. The molecular weight excluding hydrogens is 240 g/mol. The molecule has 1 saturated heterocycles. The van der Waals surface area contributed by atoms with E-state index >= 15 is 0 Å². The highest BCUT2D eigenvalue weighted by atomic mass is 16.5. The second-order valence-electron chi connectivity index (χ2n) is 4.49. The number of hydrogen-bond donors (Lipinski definition) is 2. The van der Waals surface area contributed by atoms with E-state index in [1.54, 1.807) is 21.1 Å². The van der Waals surface area contributed by atoms with E-state index in [1.165, 1.54) is 4.90 Å². The van der Waals surface area contributed by atoms with E-state index < -0.39 is 11.9 Å². The Morgan fingerprint density at radius 2 is 2.22 bits per heavy atom. The number of aliphatic carboxylic acids is 1. The third-order valence-electron chi connectivity index (χ3n) is 2.96. The molecule has 0 aliphatic carbocycles. The van der Waals surface area contributed by atoms with E-state index in [1.807, 2.05) is 0 Å². The molecule has 104 valence electrons. The summed E-state index contributed by atoms with van der Waals surface area (Å²) >= 11 is 0. The van der Waals surface area contributed by atoms with Gasteiger partial charge in [0.25, 0.3) is 0 Å². The Kier molecular flexibility index (Phi) is 5.36. The largest absolute Gasteiger partial charge is 0.481 e. The number of methoxy groups -OCH3 is 1. The Morgan fingerprint density at radius 1 is 1.56 bits per heavy atom. The molecule has 1 aliphatic heterocycles. The van der Waals surface area contributed by atoms with Crippen molar-refractivity contribution in [2.75, 3.05) is 33.9 Å². The van der Waals surface area contributed by atoms with Crippen LogP contribution in [-0.4, -0.2) is 68.1 Å². The molecule has 1 heterocycles. The quantitative estimate of drug-likeness (QED) is 0.712. The van der Waals surface area contributed by atoms with Crippen LogP contribution in [-0.2, 0) is 14.3 Å². The molecule has 0 bridgehead atoms. The summed E-state index contributed by atoms with van der Waals surface area (Å²) in [5.74, 6) is -1.52. The Labute approximate surface area is 106 Å². The Balaban J connectivity index is 2.42. The number of rotatable bonds is 5. The topological polar surface area (TPSA) is 88.1 Å². The first-order valence-electron chi connectivity index (χ1n) is 5.80. The lowest BCUT2D eigenvalue weighted by atomic mass is 10.2. The summed E-state index contributed by atoms with van der Waals surface area (Å²) in [5, 5.41) is 11.5. The lowest BCUT2D eigenvalue weighted by molar-refractivity contribution is -0.141. The van der Waals surface area contributed by atoms with Crippen LogP contribution in [0.25, 0.3) is 0 Å². The van der Waals surface area contributed by atoms with Gasteiger partial charge >= 0.3 is 12.0 Å². The Hall–Kier alpha value is -1.34. The van der Waals surface area contributed by atoms with Gasteiger partial charge in [0.2, 0.25) is 0 Å². The molecule has 0 aromatic rings. The molecule has 0 radical (unpaired) electrons. The average Bonchev–Trinajstić information content (AvgIpc) is 2.75. The number of hydrogen-bond acceptors (Lipinski definition) is 4. The lowest BCUT2D eigenvalue weighted by Crippen LogP contribution is -2.49. The van der Waals surface area contributed by atoms with E-state index in [2.05, 4.69) is 5.32 Å². The number of nitrogens with zero attached hydrogens (tertiary/aromatic N) is 1. The third kappa shape index (κ3) is 3.85. The van der Waals surface area contributed by atoms with Gasteiger partial charge in [0, 0.05) is 20.7 Å². The lowest BCUT2D eigenvalue weighted by Gasteiger charge is -2.24. The van der Waals surface area contributed by atoms with Crippen LogP contribution in [0.1, 0.15) is 6.92 Å². The average molecular weight is 260 g/mol. The van der Waals surface area contributed by atoms with Crippen LogP contribution >= 0.6 is 0 Å². The molecule has 0 spiro atoms. The van der Waals surface area contributed by atoms with Crippen LogP contribution < -0.4 is 5.32 Å². The number of carbonyl (C=O) groups excluding carboxylic acids is 1. The van der Waals surface area contributed by atoms with Crippen molar-refractivity contribution >= 4 is 12.0 Å². The fourth-order valence-electron chi connectivity index (χ4n) is 1.74. The third-order valence-corrected chi connectivity index (χ3v) is 2.96. The van der Waals surface area contributed by atoms with E-state index in [0.717, 1.165) is 0 Å². The molecule has 0 saturated carbocycles. The number of carbonyl (C=O) groups is 2. The van der Waals surface area contributed by atoms with Crippen LogP contribution in [0.2, 0.25) is 0 Å². The second kappa shape index (κ2) is 6.55. The Bertz CT molecular complexity index is 310. The second-order valence-corrected chi connectivity index (χ2v) is 4.49. The van der Waals surface area contributed by atoms with E-state index in [9.17, 15) is 9.59 Å². The predicted molar refractivity (Wildman–Crippen MR) is 63.4 cm³/mol. The number of ether oxygens (including phenoxy) is 2. The highest BCUT2D eigenvalue weighted by Crippen LogP contribution is 2.09. The summed E-state index contributed by atoms with van der Waals surface area (Å²) in [7, 11) is 3.13. The minimum Gasteiger partial charge on any atom is -0.481 e. The first-order valence-corrected chi connectivity index (χ1v) is 5.80. The zero-order valence-electron chi connectivity index (χ0n) is 10.9. The highest BCUT2D eigenvalue weighted by Gasteiger charge is 2.30. The standard InChI is InChI=1S/C11H20N2O5/c1-7(10(14)15)4-13(2)11(16)12-8-5-18-6-9(8)17-3/h7-9H,4-6H2,1-3H3,(H,12,16)(H,14,15)/t7?,8-,9+/m0/s1.